The normalized spacial score (nSPS) is 21.6. The Bertz CT molecular complexity index is 1290. The number of fused-ring (bicyclic) bond motifs is 1. The number of likely N-dealkylation sites (N-methyl/N-ethyl adjacent to an activating group) is 1. The number of nitrogens with one attached hydrogen (secondary N) is 2. The molecule has 0 radical (unpaired) electrons. The molecule has 0 saturated carbocycles. The first-order valence-corrected chi connectivity index (χ1v) is 12.5. The maximum absolute atomic E-state index is 13.2. The highest BCUT2D eigenvalue weighted by Crippen LogP contribution is 2.41. The van der Waals surface area contributed by atoms with Gasteiger partial charge in [-0.15, -0.1) is 0 Å². The molecule has 2 aliphatic heterocycles. The van der Waals surface area contributed by atoms with Crippen molar-refractivity contribution < 1.29 is 17.9 Å². The lowest BCUT2D eigenvalue weighted by molar-refractivity contribution is 0.222. The fourth-order valence-corrected chi connectivity index (χ4v) is 6.07. The number of amidine groups is 1. The maximum Gasteiger partial charge on any atom is 0.361 e. The predicted octanol–water partition coefficient (Wildman–Crippen LogP) is 0.834. The number of hydrogen-bond donors (Lipinski definition) is 4. The van der Waals surface area contributed by atoms with Crippen molar-refractivity contribution in [2.75, 3.05) is 45.3 Å². The Balaban J connectivity index is 1.83. The second-order valence-corrected chi connectivity index (χ2v) is 10.7. The molecule has 2 aliphatic rings. The topological polar surface area (TPSA) is 156 Å². The number of anilines is 1. The molecule has 5 N–H and O–H groups in total. The molecule has 11 nitrogen and oxygen atoms in total. The van der Waals surface area contributed by atoms with Crippen molar-refractivity contribution in [1.29, 1.82) is 5.41 Å². The third-order valence-corrected chi connectivity index (χ3v) is 8.39. The first-order valence-electron chi connectivity index (χ1n) is 11.1. The molecule has 1 aromatic carbocycles. The van der Waals surface area contributed by atoms with Crippen LogP contribution in [0.15, 0.2) is 38.4 Å². The Kier molecular flexibility index (Phi) is 6.19. The van der Waals surface area contributed by atoms with Crippen LogP contribution in [0.1, 0.15) is 25.3 Å². The zero-order valence-corrected chi connectivity index (χ0v) is 20.3. The molecule has 0 aliphatic carbocycles. The van der Waals surface area contributed by atoms with Crippen LogP contribution in [0.5, 0.6) is 5.75 Å². The Labute approximate surface area is 198 Å². The van der Waals surface area contributed by atoms with Gasteiger partial charge in [-0.2, -0.15) is 4.31 Å². The van der Waals surface area contributed by atoms with Crippen LogP contribution in [-0.2, 0) is 15.6 Å². The Morgan fingerprint density at radius 3 is 2.53 bits per heavy atom. The lowest BCUT2D eigenvalue weighted by Gasteiger charge is -2.31. The van der Waals surface area contributed by atoms with Gasteiger partial charge < -0.3 is 25.2 Å². The molecule has 2 aromatic rings. The number of phenolic OH excluding ortho intramolecular Hbond substituents is 1. The Morgan fingerprint density at radius 1 is 1.24 bits per heavy atom. The average molecular weight is 491 g/mol. The minimum atomic E-state index is -3.81. The first-order chi connectivity index (χ1) is 16.0. The molecule has 1 aromatic heterocycles. The molecule has 12 heteroatoms. The third kappa shape index (κ3) is 3.86. The number of nitrogens with two attached hydrogens (primary N) is 1. The number of sulfonamides is 1. The van der Waals surface area contributed by atoms with Gasteiger partial charge in [-0.1, -0.05) is 13.3 Å². The van der Waals surface area contributed by atoms with Gasteiger partial charge in [0.1, 0.15) is 28.6 Å². The molecule has 0 amide bonds. The zero-order chi connectivity index (χ0) is 24.8. The van der Waals surface area contributed by atoms with Crippen molar-refractivity contribution in [2.45, 2.75) is 30.2 Å². The molecule has 184 valence electrons. The van der Waals surface area contributed by atoms with Crippen molar-refractivity contribution in [3.63, 3.8) is 0 Å². The van der Waals surface area contributed by atoms with Gasteiger partial charge in [0, 0.05) is 38.8 Å². The molecule has 0 bridgehead atoms. The summed E-state index contributed by atoms with van der Waals surface area (Å²) in [5.41, 5.74) is 8.00. The summed E-state index contributed by atoms with van der Waals surface area (Å²) in [5, 5.41) is 20.3. The molecule has 34 heavy (non-hydrogen) atoms. The van der Waals surface area contributed by atoms with E-state index in [1.165, 1.54) is 27.5 Å². The number of rotatable bonds is 6. The smallest absolute Gasteiger partial charge is 0.361 e. The number of hydrazine groups is 1. The molecule has 1 fully saturated rings. The number of hydrogen-bond acceptors (Lipinski definition) is 9. The lowest BCUT2D eigenvalue weighted by Crippen LogP contribution is -2.52. The van der Waals surface area contributed by atoms with Gasteiger partial charge >= 0.3 is 5.63 Å². The van der Waals surface area contributed by atoms with E-state index in [1.54, 1.807) is 13.1 Å². The van der Waals surface area contributed by atoms with E-state index in [2.05, 4.69) is 10.3 Å². The maximum atomic E-state index is 13.2. The van der Waals surface area contributed by atoms with Crippen molar-refractivity contribution in [3.8, 4) is 17.1 Å². The largest absolute Gasteiger partial charge is 0.507 e. The van der Waals surface area contributed by atoms with Crippen molar-refractivity contribution in [3.05, 3.63) is 40.2 Å². The van der Waals surface area contributed by atoms with Gasteiger partial charge in [-0.3, -0.25) is 5.41 Å². The quantitative estimate of drug-likeness (QED) is 0.340. The van der Waals surface area contributed by atoms with E-state index >= 15 is 0 Å². The molecule has 3 heterocycles. The van der Waals surface area contributed by atoms with Crippen LogP contribution in [0.3, 0.4) is 0 Å². The molecule has 1 atom stereocenters. The third-order valence-electron chi connectivity index (χ3n) is 6.50. The van der Waals surface area contributed by atoms with E-state index in [1.807, 2.05) is 14.0 Å². The lowest BCUT2D eigenvalue weighted by atomic mass is 9.85. The SMILES string of the molecule is CCC[C@]1(C(=N)N)NN(C)c2c1cc(-c1cc(S(=O)(=O)N3CCN(C)CC3)ccc1O)oc2=O. The van der Waals surface area contributed by atoms with Gasteiger partial charge in [0.25, 0.3) is 0 Å². The summed E-state index contributed by atoms with van der Waals surface area (Å²) in [6.45, 7) is 3.90. The minimum Gasteiger partial charge on any atom is -0.507 e. The van der Waals surface area contributed by atoms with Crippen molar-refractivity contribution >= 4 is 21.5 Å². The van der Waals surface area contributed by atoms with Crippen LogP contribution in [0, 0.1) is 5.41 Å². The molecular formula is C22H30N6O5S. The second kappa shape index (κ2) is 8.69. The fraction of sp³-hybridized carbons (Fsp3) is 0.455. The monoisotopic (exact) mass is 490 g/mol. The highest BCUT2D eigenvalue weighted by Gasteiger charge is 2.46. The molecule has 4 rings (SSSR count). The highest BCUT2D eigenvalue weighted by molar-refractivity contribution is 7.89. The van der Waals surface area contributed by atoms with Crippen molar-refractivity contribution in [1.82, 2.24) is 14.6 Å². The van der Waals surface area contributed by atoms with Crippen LogP contribution in [0.2, 0.25) is 0 Å². The average Bonchev–Trinajstić information content (AvgIpc) is 3.07. The molecular weight excluding hydrogens is 460 g/mol. The number of nitrogens with zero attached hydrogens (tertiary/aromatic N) is 3. The summed E-state index contributed by atoms with van der Waals surface area (Å²) in [4.78, 5) is 15.0. The summed E-state index contributed by atoms with van der Waals surface area (Å²) >= 11 is 0. The van der Waals surface area contributed by atoms with Crippen LogP contribution in [0.25, 0.3) is 11.3 Å². The van der Waals surface area contributed by atoms with E-state index in [9.17, 15) is 18.3 Å². The van der Waals surface area contributed by atoms with E-state index in [0.29, 0.717) is 44.6 Å². The van der Waals surface area contributed by atoms with Crippen LogP contribution in [0.4, 0.5) is 5.69 Å². The van der Waals surface area contributed by atoms with E-state index < -0.39 is 21.2 Å². The van der Waals surface area contributed by atoms with Crippen LogP contribution >= 0.6 is 0 Å². The summed E-state index contributed by atoms with van der Waals surface area (Å²) in [7, 11) is -0.237. The summed E-state index contributed by atoms with van der Waals surface area (Å²) < 4.78 is 33.4. The van der Waals surface area contributed by atoms with Crippen LogP contribution < -0.4 is 21.8 Å². The van der Waals surface area contributed by atoms with Crippen LogP contribution in [-0.4, -0.2) is 68.8 Å². The van der Waals surface area contributed by atoms with E-state index in [-0.39, 0.29) is 33.5 Å². The molecule has 0 spiro atoms. The first kappa shape index (κ1) is 24.2. The standard InChI is InChI=1S/C22H30N6O5S/c1-4-7-22(21(23)24)16-13-18(33-20(30)19(16)27(3)25-22)15-12-14(5-6-17(15)29)34(31,32)28-10-8-26(2)9-11-28/h5-6,12-13,25,29H,4,7-11H2,1-3H3,(H3,23,24)/t22-/m0/s1. The summed E-state index contributed by atoms with van der Waals surface area (Å²) in [5.74, 6) is -0.397. The Morgan fingerprint density at radius 2 is 1.91 bits per heavy atom. The summed E-state index contributed by atoms with van der Waals surface area (Å²) in [6, 6.07) is 5.48. The highest BCUT2D eigenvalue weighted by atomic mass is 32.2. The van der Waals surface area contributed by atoms with Gasteiger partial charge in [-0.25, -0.2) is 18.6 Å². The number of phenols is 1. The van der Waals surface area contributed by atoms with E-state index in [4.69, 9.17) is 15.6 Å². The predicted molar refractivity (Wildman–Crippen MR) is 128 cm³/mol. The number of piperazine rings is 1. The fourth-order valence-electron chi connectivity index (χ4n) is 4.62. The Hall–Kier alpha value is -2.93. The second-order valence-electron chi connectivity index (χ2n) is 8.79. The molecule has 0 unspecified atom stereocenters. The van der Waals surface area contributed by atoms with E-state index in [0.717, 1.165) is 0 Å². The van der Waals surface area contributed by atoms with Gasteiger partial charge in [0.05, 0.1) is 10.5 Å². The number of aromatic hydroxyl groups is 1. The van der Waals surface area contributed by atoms with Gasteiger partial charge in [0.15, 0.2) is 0 Å². The van der Waals surface area contributed by atoms with Crippen molar-refractivity contribution in [2.24, 2.45) is 5.73 Å². The minimum absolute atomic E-state index is 0.00416. The summed E-state index contributed by atoms with van der Waals surface area (Å²) in [6.07, 6.45) is 1.13. The number of benzene rings is 1. The molecule has 1 saturated heterocycles. The van der Waals surface area contributed by atoms with Gasteiger partial charge in [0.2, 0.25) is 10.0 Å². The van der Waals surface area contributed by atoms with Gasteiger partial charge in [-0.05, 0) is 37.7 Å². The zero-order valence-electron chi connectivity index (χ0n) is 19.5.